The summed E-state index contributed by atoms with van der Waals surface area (Å²) in [6.45, 7) is 2.77. The van der Waals surface area contributed by atoms with Crippen molar-refractivity contribution >= 4 is 62.6 Å². The van der Waals surface area contributed by atoms with Gasteiger partial charge in [-0.15, -0.1) is 11.3 Å². The molecule has 1 N–H and O–H groups in total. The SMILES string of the molecule is O=C(O)CN1C(=O)/C(=C/c2ccc(N3CCOCC3)s2)SC1=S. The molecule has 2 saturated heterocycles. The summed E-state index contributed by atoms with van der Waals surface area (Å²) in [7, 11) is 0. The van der Waals surface area contributed by atoms with E-state index in [4.69, 9.17) is 22.1 Å². The fourth-order valence-electron chi connectivity index (χ4n) is 2.27. The van der Waals surface area contributed by atoms with Crippen LogP contribution in [0, 0.1) is 0 Å². The molecule has 1 aromatic rings. The Balaban J connectivity index is 1.74. The van der Waals surface area contributed by atoms with E-state index in [2.05, 4.69) is 4.90 Å². The van der Waals surface area contributed by atoms with Gasteiger partial charge in [-0.2, -0.15) is 0 Å². The van der Waals surface area contributed by atoms with Gasteiger partial charge in [0.2, 0.25) is 0 Å². The highest BCUT2D eigenvalue weighted by Crippen LogP contribution is 2.35. The van der Waals surface area contributed by atoms with Crippen molar-refractivity contribution in [3.05, 3.63) is 21.9 Å². The fourth-order valence-corrected chi connectivity index (χ4v) is 4.60. The normalized spacial score (nSPS) is 20.6. The zero-order valence-corrected chi connectivity index (χ0v) is 14.5. The van der Waals surface area contributed by atoms with Crippen LogP contribution in [-0.4, -0.2) is 59.1 Å². The van der Waals surface area contributed by atoms with E-state index in [0.29, 0.717) is 4.91 Å². The van der Waals surface area contributed by atoms with E-state index in [1.165, 1.54) is 0 Å². The molecule has 0 atom stereocenters. The quantitative estimate of drug-likeness (QED) is 0.641. The Labute approximate surface area is 146 Å². The van der Waals surface area contributed by atoms with Crippen LogP contribution in [0.25, 0.3) is 6.08 Å². The molecule has 0 bridgehead atoms. The van der Waals surface area contributed by atoms with Crippen LogP contribution >= 0.6 is 35.3 Å². The van der Waals surface area contributed by atoms with Crippen molar-refractivity contribution in [1.82, 2.24) is 4.90 Å². The number of thiocarbonyl (C=S) groups is 1. The van der Waals surface area contributed by atoms with Crippen LogP contribution < -0.4 is 4.90 Å². The molecular weight excluding hydrogens is 356 g/mol. The molecule has 0 aliphatic carbocycles. The molecule has 9 heteroatoms. The number of carbonyl (C=O) groups excluding carboxylic acids is 1. The first-order valence-corrected chi connectivity index (χ1v) is 8.98. The molecule has 23 heavy (non-hydrogen) atoms. The molecule has 0 saturated carbocycles. The summed E-state index contributed by atoms with van der Waals surface area (Å²) in [4.78, 5) is 27.8. The average molecular weight is 370 g/mol. The summed E-state index contributed by atoms with van der Waals surface area (Å²) in [6, 6.07) is 3.99. The molecule has 2 aliphatic heterocycles. The number of carboxylic acids is 1. The predicted octanol–water partition coefficient (Wildman–Crippen LogP) is 1.87. The van der Waals surface area contributed by atoms with E-state index in [0.717, 1.165) is 52.8 Å². The first-order chi connectivity index (χ1) is 11.0. The Bertz CT molecular complexity index is 679. The molecular formula is C14H14N2O4S3. The number of carbonyl (C=O) groups is 2. The third-order valence-corrected chi connectivity index (χ3v) is 5.85. The number of nitrogens with zero attached hydrogens (tertiary/aromatic N) is 2. The minimum absolute atomic E-state index is 0.286. The van der Waals surface area contributed by atoms with Gasteiger partial charge < -0.3 is 14.7 Å². The van der Waals surface area contributed by atoms with Gasteiger partial charge in [-0.3, -0.25) is 14.5 Å². The summed E-state index contributed by atoms with van der Waals surface area (Å²) in [5.74, 6) is -1.42. The lowest BCUT2D eigenvalue weighted by molar-refractivity contribution is -0.140. The van der Waals surface area contributed by atoms with Crippen molar-refractivity contribution in [3.63, 3.8) is 0 Å². The first-order valence-electron chi connectivity index (χ1n) is 6.94. The maximum Gasteiger partial charge on any atom is 0.323 e. The largest absolute Gasteiger partial charge is 0.480 e. The Hall–Kier alpha value is -1.42. The fraction of sp³-hybridized carbons (Fsp3) is 0.357. The molecule has 3 rings (SSSR count). The molecule has 6 nitrogen and oxygen atoms in total. The Kier molecular flexibility index (Phi) is 5.00. The lowest BCUT2D eigenvalue weighted by Gasteiger charge is -2.27. The second-order valence-electron chi connectivity index (χ2n) is 4.94. The van der Waals surface area contributed by atoms with Crippen molar-refractivity contribution in [2.75, 3.05) is 37.7 Å². The smallest absolute Gasteiger partial charge is 0.323 e. The van der Waals surface area contributed by atoms with Crippen LogP contribution in [0.2, 0.25) is 0 Å². The Morgan fingerprint density at radius 3 is 2.83 bits per heavy atom. The summed E-state index contributed by atoms with van der Waals surface area (Å²) in [6.07, 6.45) is 1.77. The molecule has 1 aromatic heterocycles. The third-order valence-electron chi connectivity index (χ3n) is 3.38. The van der Waals surface area contributed by atoms with Gasteiger partial charge in [-0.05, 0) is 18.2 Å². The summed E-state index contributed by atoms with van der Waals surface area (Å²) in [5, 5.41) is 9.98. The van der Waals surface area contributed by atoms with Gasteiger partial charge in [0, 0.05) is 18.0 Å². The van der Waals surface area contributed by atoms with Crippen molar-refractivity contribution in [2.45, 2.75) is 0 Å². The lowest BCUT2D eigenvalue weighted by atomic mass is 10.3. The number of rotatable bonds is 4. The summed E-state index contributed by atoms with van der Waals surface area (Å²) >= 11 is 7.82. The van der Waals surface area contributed by atoms with Crippen molar-refractivity contribution in [2.24, 2.45) is 0 Å². The number of ether oxygens (including phenoxy) is 1. The van der Waals surface area contributed by atoms with Gasteiger partial charge >= 0.3 is 5.97 Å². The van der Waals surface area contributed by atoms with Crippen LogP contribution in [0.3, 0.4) is 0 Å². The van der Waals surface area contributed by atoms with E-state index in [1.807, 2.05) is 12.1 Å². The molecule has 0 spiro atoms. The zero-order chi connectivity index (χ0) is 16.4. The average Bonchev–Trinajstić information content (AvgIpc) is 3.09. The first kappa shape index (κ1) is 16.4. The Morgan fingerprint density at radius 1 is 1.39 bits per heavy atom. The zero-order valence-electron chi connectivity index (χ0n) is 12.1. The molecule has 2 fully saturated rings. The van der Waals surface area contributed by atoms with Crippen molar-refractivity contribution in [1.29, 1.82) is 0 Å². The predicted molar refractivity (Wildman–Crippen MR) is 94.9 cm³/mol. The van der Waals surface area contributed by atoms with Gasteiger partial charge in [0.15, 0.2) is 0 Å². The second kappa shape index (κ2) is 7.00. The van der Waals surface area contributed by atoms with Crippen LogP contribution in [-0.2, 0) is 14.3 Å². The van der Waals surface area contributed by atoms with E-state index in [-0.39, 0.29) is 10.2 Å². The summed E-state index contributed by atoms with van der Waals surface area (Å²) < 4.78 is 5.63. The van der Waals surface area contributed by atoms with Crippen LogP contribution in [0.1, 0.15) is 4.88 Å². The molecule has 0 radical (unpaired) electrons. The van der Waals surface area contributed by atoms with E-state index >= 15 is 0 Å². The number of thiophene rings is 1. The molecule has 0 unspecified atom stereocenters. The van der Waals surface area contributed by atoms with Gasteiger partial charge in [0.25, 0.3) is 5.91 Å². The molecule has 3 heterocycles. The lowest BCUT2D eigenvalue weighted by Crippen LogP contribution is -2.35. The molecule has 122 valence electrons. The maximum atomic E-state index is 12.2. The van der Waals surface area contributed by atoms with Crippen molar-refractivity contribution < 1.29 is 19.4 Å². The highest BCUT2D eigenvalue weighted by Gasteiger charge is 2.33. The number of morpholine rings is 1. The van der Waals surface area contributed by atoms with E-state index < -0.39 is 12.5 Å². The maximum absolute atomic E-state index is 12.2. The topological polar surface area (TPSA) is 70.1 Å². The standard InChI is InChI=1S/C14H14N2O4S3/c17-12(18)8-16-13(19)10(23-14(16)21)7-9-1-2-11(22-9)15-3-5-20-6-4-15/h1-2,7H,3-6,8H2,(H,17,18)/b10-7-. The van der Waals surface area contributed by atoms with Gasteiger partial charge in [-0.1, -0.05) is 24.0 Å². The number of thioether (sulfide) groups is 1. The molecule has 2 aliphatic rings. The van der Waals surface area contributed by atoms with E-state index in [1.54, 1.807) is 17.4 Å². The number of hydrogen-bond acceptors (Lipinski definition) is 7. The van der Waals surface area contributed by atoms with Crippen molar-refractivity contribution in [3.8, 4) is 0 Å². The van der Waals surface area contributed by atoms with Gasteiger partial charge in [0.1, 0.15) is 10.9 Å². The second-order valence-corrected chi connectivity index (χ2v) is 7.71. The number of carboxylic acid groups (broad SMARTS) is 1. The third kappa shape index (κ3) is 3.74. The van der Waals surface area contributed by atoms with Gasteiger partial charge in [0.05, 0.1) is 23.1 Å². The highest BCUT2D eigenvalue weighted by atomic mass is 32.2. The van der Waals surface area contributed by atoms with Crippen LogP contribution in [0.5, 0.6) is 0 Å². The minimum Gasteiger partial charge on any atom is -0.480 e. The van der Waals surface area contributed by atoms with Crippen LogP contribution in [0.15, 0.2) is 17.0 Å². The number of hydrogen-bond donors (Lipinski definition) is 1. The van der Waals surface area contributed by atoms with Crippen LogP contribution in [0.4, 0.5) is 5.00 Å². The summed E-state index contributed by atoms with van der Waals surface area (Å²) in [5.41, 5.74) is 0. The number of aliphatic carboxylic acids is 1. The molecule has 1 amide bonds. The number of anilines is 1. The van der Waals surface area contributed by atoms with Gasteiger partial charge in [-0.25, -0.2) is 0 Å². The minimum atomic E-state index is -1.08. The Morgan fingerprint density at radius 2 is 2.13 bits per heavy atom. The number of amides is 1. The van der Waals surface area contributed by atoms with E-state index in [9.17, 15) is 9.59 Å². The highest BCUT2D eigenvalue weighted by molar-refractivity contribution is 8.26. The monoisotopic (exact) mass is 370 g/mol. The molecule has 0 aromatic carbocycles.